The molecule has 0 heterocycles. The van der Waals surface area contributed by atoms with Crippen LogP contribution in [0.2, 0.25) is 0 Å². The van der Waals surface area contributed by atoms with Crippen LogP contribution >= 0.6 is 15.9 Å². The second kappa shape index (κ2) is 5.56. The van der Waals surface area contributed by atoms with Gasteiger partial charge < -0.3 is 5.32 Å². The van der Waals surface area contributed by atoms with E-state index in [-0.39, 0.29) is 0 Å². The third-order valence-corrected chi connectivity index (χ3v) is 3.25. The van der Waals surface area contributed by atoms with Gasteiger partial charge in [-0.05, 0) is 36.8 Å². The summed E-state index contributed by atoms with van der Waals surface area (Å²) in [6, 6.07) is 15.3. The molecule has 3 nitrogen and oxygen atoms in total. The van der Waals surface area contributed by atoms with Crippen LogP contribution in [0.4, 0.5) is 11.4 Å². The molecule has 0 saturated carbocycles. The molecule has 92 valence electrons. The van der Waals surface area contributed by atoms with Gasteiger partial charge in [-0.1, -0.05) is 28.1 Å². The third kappa shape index (κ3) is 2.76. The molecule has 2 rings (SSSR count). The molecule has 0 aliphatic rings. The van der Waals surface area contributed by atoms with Crippen LogP contribution in [0.5, 0.6) is 0 Å². The Kier molecular flexibility index (Phi) is 3.85. The lowest BCUT2D eigenvalue weighted by atomic mass is 10.1. The summed E-state index contributed by atoms with van der Waals surface area (Å²) in [6.45, 7) is 1.88. The molecule has 1 N–H and O–H groups in total. The summed E-state index contributed by atoms with van der Waals surface area (Å²) in [5.74, 6) is 0. The maximum Gasteiger partial charge on any atom is 0.102 e. The van der Waals surface area contributed by atoms with Crippen molar-refractivity contribution in [2.45, 2.75) is 6.92 Å². The molecule has 19 heavy (non-hydrogen) atoms. The van der Waals surface area contributed by atoms with Gasteiger partial charge in [0.05, 0.1) is 22.5 Å². The van der Waals surface area contributed by atoms with Crippen LogP contribution in [0.25, 0.3) is 0 Å². The van der Waals surface area contributed by atoms with Crippen LogP contribution in [-0.2, 0) is 0 Å². The molecule has 0 amide bonds. The van der Waals surface area contributed by atoms with E-state index in [1.54, 1.807) is 6.07 Å². The first kappa shape index (κ1) is 13.1. The zero-order valence-electron chi connectivity index (χ0n) is 10.2. The highest BCUT2D eigenvalue weighted by atomic mass is 79.9. The molecular weight excluding hydrogens is 302 g/mol. The Morgan fingerprint density at radius 1 is 1.05 bits per heavy atom. The number of hydrogen-bond donors (Lipinski definition) is 1. The molecule has 0 bridgehead atoms. The predicted octanol–water partition coefficient (Wildman–Crippen LogP) is 4.24. The van der Waals surface area contributed by atoms with Crippen molar-refractivity contribution >= 4 is 27.3 Å². The van der Waals surface area contributed by atoms with Gasteiger partial charge in [0.25, 0.3) is 0 Å². The Morgan fingerprint density at radius 2 is 1.84 bits per heavy atom. The van der Waals surface area contributed by atoms with E-state index < -0.39 is 0 Å². The summed E-state index contributed by atoms with van der Waals surface area (Å²) in [6.07, 6.45) is 0. The van der Waals surface area contributed by atoms with Crippen LogP contribution in [0.3, 0.4) is 0 Å². The molecule has 0 atom stereocenters. The van der Waals surface area contributed by atoms with Gasteiger partial charge in [0.1, 0.15) is 12.1 Å². The van der Waals surface area contributed by atoms with E-state index in [9.17, 15) is 5.26 Å². The Hall–Kier alpha value is -2.30. The fraction of sp³-hybridized carbons (Fsp3) is 0.0667. The Labute approximate surface area is 120 Å². The van der Waals surface area contributed by atoms with Gasteiger partial charge >= 0.3 is 0 Å². The summed E-state index contributed by atoms with van der Waals surface area (Å²) in [4.78, 5) is 0. The van der Waals surface area contributed by atoms with Crippen molar-refractivity contribution in [3.63, 3.8) is 0 Å². The molecule has 0 aliphatic heterocycles. The van der Waals surface area contributed by atoms with Gasteiger partial charge in [-0.25, -0.2) is 0 Å². The van der Waals surface area contributed by atoms with Crippen molar-refractivity contribution in [1.29, 1.82) is 10.5 Å². The van der Waals surface area contributed by atoms with E-state index >= 15 is 0 Å². The number of nitrogens with zero attached hydrogens (tertiary/aromatic N) is 2. The monoisotopic (exact) mass is 311 g/mol. The molecule has 2 aromatic rings. The molecule has 0 fully saturated rings. The zero-order chi connectivity index (χ0) is 13.8. The lowest BCUT2D eigenvalue weighted by Crippen LogP contribution is -1.97. The van der Waals surface area contributed by atoms with Crippen molar-refractivity contribution in [2.75, 3.05) is 5.32 Å². The van der Waals surface area contributed by atoms with E-state index in [0.29, 0.717) is 22.5 Å². The summed E-state index contributed by atoms with van der Waals surface area (Å²) in [5, 5.41) is 21.4. The largest absolute Gasteiger partial charge is 0.353 e. The number of hydrogen-bond acceptors (Lipinski definition) is 3. The van der Waals surface area contributed by atoms with E-state index in [1.807, 2.05) is 37.3 Å². The first-order valence-electron chi connectivity index (χ1n) is 5.62. The van der Waals surface area contributed by atoms with Gasteiger partial charge in [-0.15, -0.1) is 0 Å². The molecule has 0 saturated heterocycles. The first-order valence-corrected chi connectivity index (χ1v) is 6.41. The second-order valence-electron chi connectivity index (χ2n) is 4.04. The molecule has 0 unspecified atom stereocenters. The number of rotatable bonds is 2. The molecular formula is C15H10BrN3. The second-order valence-corrected chi connectivity index (χ2v) is 4.95. The Morgan fingerprint density at radius 3 is 2.53 bits per heavy atom. The summed E-state index contributed by atoms with van der Waals surface area (Å²) < 4.78 is 0.875. The number of benzene rings is 2. The minimum absolute atomic E-state index is 0.536. The van der Waals surface area contributed by atoms with E-state index in [2.05, 4.69) is 33.4 Å². The zero-order valence-corrected chi connectivity index (χ0v) is 11.8. The van der Waals surface area contributed by atoms with Gasteiger partial charge in [-0.3, -0.25) is 0 Å². The van der Waals surface area contributed by atoms with Crippen molar-refractivity contribution in [2.24, 2.45) is 0 Å². The van der Waals surface area contributed by atoms with Crippen LogP contribution in [0.1, 0.15) is 16.7 Å². The smallest absolute Gasteiger partial charge is 0.102 e. The van der Waals surface area contributed by atoms with Crippen molar-refractivity contribution in [3.8, 4) is 12.1 Å². The average Bonchev–Trinajstić information content (AvgIpc) is 2.39. The number of nitriles is 2. The lowest BCUT2D eigenvalue weighted by molar-refractivity contribution is 1.37. The highest BCUT2D eigenvalue weighted by molar-refractivity contribution is 9.10. The Balaban J connectivity index is 2.49. The van der Waals surface area contributed by atoms with Crippen molar-refractivity contribution < 1.29 is 0 Å². The topological polar surface area (TPSA) is 59.6 Å². The van der Waals surface area contributed by atoms with Gasteiger partial charge in [-0.2, -0.15) is 10.5 Å². The van der Waals surface area contributed by atoms with Gasteiger partial charge in [0, 0.05) is 4.47 Å². The highest BCUT2D eigenvalue weighted by Crippen LogP contribution is 2.27. The van der Waals surface area contributed by atoms with Crippen LogP contribution in [0, 0.1) is 29.6 Å². The number of halogens is 1. The van der Waals surface area contributed by atoms with Crippen LogP contribution in [-0.4, -0.2) is 0 Å². The summed E-state index contributed by atoms with van der Waals surface area (Å²) in [7, 11) is 0. The highest BCUT2D eigenvalue weighted by Gasteiger charge is 2.08. The molecule has 0 aliphatic carbocycles. The maximum atomic E-state index is 9.19. The third-order valence-electron chi connectivity index (χ3n) is 2.76. The fourth-order valence-corrected chi connectivity index (χ4v) is 2.14. The van der Waals surface area contributed by atoms with Crippen LogP contribution in [0.15, 0.2) is 40.9 Å². The number of aryl methyl sites for hydroxylation is 1. The van der Waals surface area contributed by atoms with E-state index in [1.165, 1.54) is 0 Å². The normalized spacial score (nSPS) is 9.47. The van der Waals surface area contributed by atoms with E-state index in [0.717, 1.165) is 10.0 Å². The van der Waals surface area contributed by atoms with Gasteiger partial charge in [0.15, 0.2) is 0 Å². The standard InChI is InChI=1S/C15H10BrN3/c1-10-3-2-4-14(13(10)9-18)19-15-7-12(16)6-5-11(15)8-17/h2-7,19H,1H3. The summed E-state index contributed by atoms with van der Waals surface area (Å²) >= 11 is 3.37. The quantitative estimate of drug-likeness (QED) is 0.902. The van der Waals surface area contributed by atoms with Crippen LogP contribution < -0.4 is 5.32 Å². The number of anilines is 2. The SMILES string of the molecule is Cc1cccc(Nc2cc(Br)ccc2C#N)c1C#N. The molecule has 0 aromatic heterocycles. The number of nitrogens with one attached hydrogen (secondary N) is 1. The predicted molar refractivity (Wildman–Crippen MR) is 78.0 cm³/mol. The van der Waals surface area contributed by atoms with Crippen molar-refractivity contribution in [1.82, 2.24) is 0 Å². The minimum atomic E-state index is 0.536. The van der Waals surface area contributed by atoms with Crippen molar-refractivity contribution in [3.05, 3.63) is 57.6 Å². The minimum Gasteiger partial charge on any atom is -0.353 e. The molecule has 0 spiro atoms. The summed E-state index contributed by atoms with van der Waals surface area (Å²) in [5.41, 5.74) is 3.41. The molecule has 0 radical (unpaired) electrons. The average molecular weight is 312 g/mol. The maximum absolute atomic E-state index is 9.19. The first-order chi connectivity index (χ1) is 9.15. The Bertz CT molecular complexity index is 708. The van der Waals surface area contributed by atoms with Gasteiger partial charge in [0.2, 0.25) is 0 Å². The molecule has 2 aromatic carbocycles. The van der Waals surface area contributed by atoms with E-state index in [4.69, 9.17) is 5.26 Å². The molecule has 4 heteroatoms. The fourth-order valence-electron chi connectivity index (χ4n) is 1.78. The lowest BCUT2D eigenvalue weighted by Gasteiger charge is -2.11.